The van der Waals surface area contributed by atoms with Crippen LogP contribution in [0.25, 0.3) is 10.9 Å². The van der Waals surface area contributed by atoms with Crippen LogP contribution >= 0.6 is 0 Å². The van der Waals surface area contributed by atoms with Gasteiger partial charge in [-0.1, -0.05) is 0 Å². The fourth-order valence-electron chi connectivity index (χ4n) is 5.44. The smallest absolute Gasteiger partial charge is 0.253 e. The highest BCUT2D eigenvalue weighted by atomic mass is 19.1. The van der Waals surface area contributed by atoms with E-state index in [2.05, 4.69) is 30.3 Å². The summed E-state index contributed by atoms with van der Waals surface area (Å²) in [5, 5.41) is 13.6. The zero-order valence-electron chi connectivity index (χ0n) is 21.2. The number of ether oxygens (including phenoxy) is 2. The van der Waals surface area contributed by atoms with Crippen LogP contribution < -0.4 is 15.2 Å². The quantitative estimate of drug-likeness (QED) is 0.398. The molecule has 198 valence electrons. The monoisotopic (exact) mass is 519 g/mol. The molecule has 0 bridgehead atoms. The molecule has 0 spiro atoms. The summed E-state index contributed by atoms with van der Waals surface area (Å²) in [6, 6.07) is 13.7. The van der Waals surface area contributed by atoms with Crippen molar-refractivity contribution in [1.82, 2.24) is 30.1 Å². The van der Waals surface area contributed by atoms with Gasteiger partial charge in [0.05, 0.1) is 25.3 Å². The molecule has 2 aliphatic heterocycles. The van der Waals surface area contributed by atoms with Gasteiger partial charge in [-0.05, 0) is 71.1 Å². The maximum Gasteiger partial charge on any atom is 0.253 e. The largest absolute Gasteiger partial charge is 0.497 e. The average molecular weight is 520 g/mol. The number of pyridine rings is 1. The highest BCUT2D eigenvalue weighted by Gasteiger charge is 2.33. The van der Waals surface area contributed by atoms with Crippen molar-refractivity contribution in [3.63, 3.8) is 0 Å². The number of halogens is 1. The van der Waals surface area contributed by atoms with Crippen LogP contribution in [0.15, 0.2) is 53.3 Å². The summed E-state index contributed by atoms with van der Waals surface area (Å²) in [6.45, 7) is 4.07. The fourth-order valence-corrected chi connectivity index (χ4v) is 5.44. The molecule has 0 unspecified atom stereocenters. The summed E-state index contributed by atoms with van der Waals surface area (Å²) in [5.41, 5.74) is 2.07. The zero-order valence-corrected chi connectivity index (χ0v) is 21.2. The molecule has 0 amide bonds. The SMILES string of the molecule is COc1ccc2cc([C@H](c3nnnn3C[C@@H]3CCCO3)N3CCN(c4ccc(F)cc4)CC3)c(=O)[nH]c2c1. The third kappa shape index (κ3) is 4.86. The van der Waals surface area contributed by atoms with E-state index < -0.39 is 6.04 Å². The van der Waals surface area contributed by atoms with Gasteiger partial charge in [0.25, 0.3) is 5.56 Å². The summed E-state index contributed by atoms with van der Waals surface area (Å²) >= 11 is 0. The first-order valence-corrected chi connectivity index (χ1v) is 12.9. The number of piperazine rings is 1. The van der Waals surface area contributed by atoms with Gasteiger partial charge in [0.15, 0.2) is 5.82 Å². The highest BCUT2D eigenvalue weighted by molar-refractivity contribution is 5.80. The molecule has 1 N–H and O–H groups in total. The molecule has 0 radical (unpaired) electrons. The number of rotatable bonds is 7. The van der Waals surface area contributed by atoms with Crippen LogP contribution in [0, 0.1) is 5.82 Å². The van der Waals surface area contributed by atoms with Gasteiger partial charge in [-0.25, -0.2) is 9.07 Å². The summed E-state index contributed by atoms with van der Waals surface area (Å²) in [4.78, 5) is 21.0. The zero-order chi connectivity index (χ0) is 26.1. The number of fused-ring (bicyclic) bond motifs is 1. The van der Waals surface area contributed by atoms with Crippen LogP contribution in [0.1, 0.15) is 30.3 Å². The van der Waals surface area contributed by atoms with E-state index in [1.54, 1.807) is 23.9 Å². The number of aromatic nitrogens is 5. The van der Waals surface area contributed by atoms with Crippen molar-refractivity contribution in [2.24, 2.45) is 0 Å². The Hall–Kier alpha value is -3.83. The fraction of sp³-hybridized carbons (Fsp3) is 0.407. The Labute approximate surface area is 219 Å². The summed E-state index contributed by atoms with van der Waals surface area (Å²) in [5.74, 6) is 1.04. The van der Waals surface area contributed by atoms with Crippen LogP contribution in [-0.2, 0) is 11.3 Å². The van der Waals surface area contributed by atoms with Crippen LogP contribution in [-0.4, -0.2) is 76.1 Å². The van der Waals surface area contributed by atoms with E-state index in [9.17, 15) is 9.18 Å². The van der Waals surface area contributed by atoms with Crippen LogP contribution in [0.2, 0.25) is 0 Å². The lowest BCUT2D eigenvalue weighted by atomic mass is 10.0. The summed E-state index contributed by atoms with van der Waals surface area (Å²) in [6.07, 6.45) is 2.03. The predicted octanol–water partition coefficient (Wildman–Crippen LogP) is 2.75. The van der Waals surface area contributed by atoms with Gasteiger partial charge in [-0.3, -0.25) is 9.69 Å². The molecule has 2 atom stereocenters. The second kappa shape index (κ2) is 10.5. The van der Waals surface area contributed by atoms with Crippen LogP contribution in [0.4, 0.5) is 10.1 Å². The number of nitrogens with one attached hydrogen (secondary N) is 1. The van der Waals surface area contributed by atoms with E-state index in [0.717, 1.165) is 43.6 Å². The number of benzene rings is 2. The van der Waals surface area contributed by atoms with Gasteiger partial charge < -0.3 is 19.4 Å². The number of nitrogens with zero attached hydrogens (tertiary/aromatic N) is 6. The second-order valence-electron chi connectivity index (χ2n) is 9.76. The van der Waals surface area contributed by atoms with Crippen LogP contribution in [0.5, 0.6) is 5.75 Å². The summed E-state index contributed by atoms with van der Waals surface area (Å²) in [7, 11) is 1.60. The van der Waals surface area contributed by atoms with E-state index >= 15 is 0 Å². The average Bonchev–Trinajstić information content (AvgIpc) is 3.63. The predicted molar refractivity (Wildman–Crippen MR) is 140 cm³/mol. The lowest BCUT2D eigenvalue weighted by Gasteiger charge is -2.39. The lowest BCUT2D eigenvalue weighted by Crippen LogP contribution is -2.49. The van der Waals surface area contributed by atoms with E-state index in [4.69, 9.17) is 9.47 Å². The standard InChI is InChI=1S/C27H30FN7O3/c1-37-21-9-4-18-15-23(27(36)29-24(18)16-21)25(26-30-31-32-35(26)17-22-3-2-14-38-22)34-12-10-33(11-13-34)20-7-5-19(28)6-8-20/h4-9,15-16,22,25H,2-3,10-14,17H2,1H3,(H,29,36)/t22-,25+/m0/s1. The molecule has 2 aromatic heterocycles. The molecule has 10 nitrogen and oxygen atoms in total. The minimum atomic E-state index is -0.447. The second-order valence-corrected chi connectivity index (χ2v) is 9.76. The number of methoxy groups -OCH3 is 1. The third-order valence-corrected chi connectivity index (χ3v) is 7.45. The molecular formula is C27H30FN7O3. The Bertz CT molecular complexity index is 1460. The molecule has 0 aliphatic carbocycles. The third-order valence-electron chi connectivity index (χ3n) is 7.45. The number of hydrogen-bond donors (Lipinski definition) is 1. The van der Waals surface area contributed by atoms with Crippen LogP contribution in [0.3, 0.4) is 0 Å². The number of anilines is 1. The molecule has 38 heavy (non-hydrogen) atoms. The minimum absolute atomic E-state index is 0.0515. The number of aromatic amines is 1. The number of H-pyrrole nitrogens is 1. The first kappa shape index (κ1) is 24.5. The van der Waals surface area contributed by atoms with Gasteiger partial charge in [-0.2, -0.15) is 0 Å². The molecule has 2 aliphatic rings. The lowest BCUT2D eigenvalue weighted by molar-refractivity contribution is 0.0906. The van der Waals surface area contributed by atoms with Gasteiger partial charge in [0.1, 0.15) is 17.6 Å². The van der Waals surface area contributed by atoms with Crippen molar-refractivity contribution in [3.05, 3.63) is 76.1 Å². The van der Waals surface area contributed by atoms with E-state index in [1.807, 2.05) is 24.3 Å². The van der Waals surface area contributed by atoms with Gasteiger partial charge in [0, 0.05) is 50.1 Å². The Morgan fingerprint density at radius 3 is 2.68 bits per heavy atom. The normalized spacial score (nSPS) is 19.2. The van der Waals surface area contributed by atoms with Gasteiger partial charge >= 0.3 is 0 Å². The molecule has 0 saturated carbocycles. The molecule has 2 fully saturated rings. The molecule has 11 heteroatoms. The van der Waals surface area contributed by atoms with E-state index in [1.165, 1.54) is 12.1 Å². The number of tetrazole rings is 1. The molecular weight excluding hydrogens is 489 g/mol. The van der Waals surface area contributed by atoms with E-state index in [0.29, 0.717) is 42.3 Å². The highest BCUT2D eigenvalue weighted by Crippen LogP contribution is 2.30. The Morgan fingerprint density at radius 2 is 1.95 bits per heavy atom. The number of hydrogen-bond acceptors (Lipinski definition) is 8. The van der Waals surface area contributed by atoms with Crippen molar-refractivity contribution < 1.29 is 13.9 Å². The molecule has 2 aromatic carbocycles. The Morgan fingerprint density at radius 1 is 1.13 bits per heavy atom. The maximum atomic E-state index is 13.5. The van der Waals surface area contributed by atoms with Gasteiger partial charge in [-0.15, -0.1) is 5.10 Å². The summed E-state index contributed by atoms with van der Waals surface area (Å²) < 4.78 is 26.4. The first-order valence-electron chi connectivity index (χ1n) is 12.9. The molecule has 2 saturated heterocycles. The molecule has 6 rings (SSSR count). The van der Waals surface area contributed by atoms with Crippen molar-refractivity contribution in [2.75, 3.05) is 44.8 Å². The van der Waals surface area contributed by atoms with E-state index in [-0.39, 0.29) is 17.5 Å². The van der Waals surface area contributed by atoms with Crippen molar-refractivity contribution >= 4 is 16.6 Å². The molecule has 4 heterocycles. The molecule has 4 aromatic rings. The maximum absolute atomic E-state index is 13.5. The Kier molecular flexibility index (Phi) is 6.77. The van der Waals surface area contributed by atoms with Crippen molar-refractivity contribution in [2.45, 2.75) is 31.5 Å². The van der Waals surface area contributed by atoms with Gasteiger partial charge in [0.2, 0.25) is 0 Å². The van der Waals surface area contributed by atoms with Crippen molar-refractivity contribution in [3.8, 4) is 5.75 Å². The Balaban J connectivity index is 1.35. The minimum Gasteiger partial charge on any atom is -0.497 e. The first-order chi connectivity index (χ1) is 18.6. The van der Waals surface area contributed by atoms with Crippen molar-refractivity contribution in [1.29, 1.82) is 0 Å². The topological polar surface area (TPSA) is 101 Å².